The Labute approximate surface area is 149 Å². The van der Waals surface area contributed by atoms with Gasteiger partial charge in [-0.3, -0.25) is 0 Å². The average molecular weight is 387 g/mol. The Kier molecular flexibility index (Phi) is 5.84. The van der Waals surface area contributed by atoms with Crippen molar-refractivity contribution in [3.8, 4) is 21.9 Å². The maximum atomic E-state index is 11.3. The van der Waals surface area contributed by atoms with Gasteiger partial charge in [0.1, 0.15) is 10.8 Å². The molecule has 0 saturated heterocycles. The van der Waals surface area contributed by atoms with E-state index < -0.39 is 31.1 Å². The van der Waals surface area contributed by atoms with Gasteiger partial charge in [0.15, 0.2) is 23.8 Å². The predicted molar refractivity (Wildman–Crippen MR) is 88.0 cm³/mol. The first-order valence-electron chi connectivity index (χ1n) is 6.64. The highest BCUT2D eigenvalue weighted by atomic mass is 35.5. The molecule has 0 aliphatic heterocycles. The summed E-state index contributed by atoms with van der Waals surface area (Å²) >= 11 is 6.98. The summed E-state index contributed by atoms with van der Waals surface area (Å²) in [6.45, 7) is -1.27. The van der Waals surface area contributed by atoms with Crippen LogP contribution in [0, 0.1) is 0 Å². The largest absolute Gasteiger partial charge is 0.482 e. The number of hydrogen-bond acceptors (Lipinski definition) is 6. The molecule has 0 saturated carbocycles. The molecule has 0 spiro atoms. The van der Waals surface area contributed by atoms with Gasteiger partial charge < -0.3 is 24.8 Å². The van der Waals surface area contributed by atoms with Crippen LogP contribution in [-0.2, 0) is 9.59 Å². The molecular formula is C15H11ClO8S. The van der Waals surface area contributed by atoms with Crippen molar-refractivity contribution < 1.29 is 39.2 Å². The Bertz CT molecular complexity index is 829. The second-order valence-corrected chi connectivity index (χ2v) is 6.00. The molecular weight excluding hydrogens is 376 g/mol. The highest BCUT2D eigenvalue weighted by Gasteiger charge is 2.24. The first kappa shape index (κ1) is 18.6. The minimum atomic E-state index is -1.31. The van der Waals surface area contributed by atoms with Crippen molar-refractivity contribution in [2.45, 2.75) is 0 Å². The fourth-order valence-electron chi connectivity index (χ4n) is 1.86. The van der Waals surface area contributed by atoms with E-state index in [9.17, 15) is 19.5 Å². The molecule has 0 atom stereocenters. The first-order valence-corrected chi connectivity index (χ1v) is 7.84. The molecule has 0 bridgehead atoms. The number of ether oxygens (including phenoxy) is 2. The molecule has 0 aliphatic rings. The van der Waals surface area contributed by atoms with Crippen LogP contribution in [0.1, 0.15) is 9.67 Å². The van der Waals surface area contributed by atoms with Gasteiger partial charge in [0.2, 0.25) is 0 Å². The van der Waals surface area contributed by atoms with Gasteiger partial charge in [-0.1, -0.05) is 23.7 Å². The van der Waals surface area contributed by atoms with E-state index in [1.807, 2.05) is 0 Å². The zero-order valence-electron chi connectivity index (χ0n) is 12.4. The summed E-state index contributed by atoms with van der Waals surface area (Å²) in [5, 5.41) is 26.5. The van der Waals surface area contributed by atoms with Crippen molar-refractivity contribution >= 4 is 40.8 Å². The van der Waals surface area contributed by atoms with E-state index in [1.54, 1.807) is 12.1 Å². The van der Waals surface area contributed by atoms with Crippen molar-refractivity contribution in [3.63, 3.8) is 0 Å². The van der Waals surface area contributed by atoms with E-state index in [0.29, 0.717) is 10.4 Å². The summed E-state index contributed by atoms with van der Waals surface area (Å²) < 4.78 is 10.1. The lowest BCUT2D eigenvalue weighted by atomic mass is 10.2. The summed E-state index contributed by atoms with van der Waals surface area (Å²) in [6, 6.07) is 6.24. The van der Waals surface area contributed by atoms with Crippen LogP contribution in [0.2, 0.25) is 5.02 Å². The number of aliphatic carboxylic acids is 2. The number of carboxylic acid groups (broad SMARTS) is 3. The van der Waals surface area contributed by atoms with Crippen molar-refractivity contribution in [2.75, 3.05) is 13.2 Å². The molecule has 132 valence electrons. The molecule has 0 unspecified atom stereocenters. The standard InChI is InChI=1S/C15H11ClO8S/c16-11-12(24-6-10(19)20)14(15(21)22)25-13(11)7-2-1-3-8(4-7)23-5-9(17)18/h1-4H,5-6H2,(H,17,18)(H,19,20)(H,21,22). The third-order valence-corrected chi connectivity index (χ3v) is 4.48. The van der Waals surface area contributed by atoms with Crippen molar-refractivity contribution in [1.82, 2.24) is 0 Å². The molecule has 2 rings (SSSR count). The molecule has 10 heteroatoms. The maximum absolute atomic E-state index is 11.3. The molecule has 0 amide bonds. The average Bonchev–Trinajstić information content (AvgIpc) is 2.88. The highest BCUT2D eigenvalue weighted by molar-refractivity contribution is 7.18. The zero-order chi connectivity index (χ0) is 18.6. The van der Waals surface area contributed by atoms with E-state index in [1.165, 1.54) is 12.1 Å². The van der Waals surface area contributed by atoms with Crippen LogP contribution >= 0.6 is 22.9 Å². The topological polar surface area (TPSA) is 130 Å². The van der Waals surface area contributed by atoms with E-state index in [0.717, 1.165) is 11.3 Å². The maximum Gasteiger partial charge on any atom is 0.349 e. The Morgan fingerprint density at radius 3 is 2.28 bits per heavy atom. The Morgan fingerprint density at radius 1 is 1.04 bits per heavy atom. The van der Waals surface area contributed by atoms with Crippen LogP contribution in [0.3, 0.4) is 0 Å². The van der Waals surface area contributed by atoms with Crippen molar-refractivity contribution in [3.05, 3.63) is 34.2 Å². The number of benzene rings is 1. The lowest BCUT2D eigenvalue weighted by molar-refractivity contribution is -0.140. The molecule has 1 aromatic carbocycles. The SMILES string of the molecule is O=C(O)COc1cccc(-c2sc(C(=O)O)c(OCC(=O)O)c2Cl)c1. The molecule has 3 N–H and O–H groups in total. The van der Waals surface area contributed by atoms with E-state index in [-0.39, 0.29) is 21.4 Å². The summed E-state index contributed by atoms with van der Waals surface area (Å²) in [7, 11) is 0. The smallest absolute Gasteiger partial charge is 0.349 e. The molecule has 0 aliphatic carbocycles. The van der Waals surface area contributed by atoms with Crippen LogP contribution in [0.15, 0.2) is 24.3 Å². The second-order valence-electron chi connectivity index (χ2n) is 4.60. The molecule has 25 heavy (non-hydrogen) atoms. The number of aromatic carboxylic acids is 1. The zero-order valence-corrected chi connectivity index (χ0v) is 14.0. The van der Waals surface area contributed by atoms with E-state index >= 15 is 0 Å². The van der Waals surface area contributed by atoms with Gasteiger partial charge >= 0.3 is 17.9 Å². The summed E-state index contributed by atoms with van der Waals surface area (Å²) in [5.41, 5.74) is 0.477. The third kappa shape index (κ3) is 4.61. The minimum absolute atomic E-state index is 0.0426. The number of carboxylic acids is 3. The Balaban J connectivity index is 2.40. The monoisotopic (exact) mass is 386 g/mol. The molecule has 0 fully saturated rings. The van der Waals surface area contributed by atoms with Gasteiger partial charge in [-0.25, -0.2) is 14.4 Å². The number of hydrogen-bond donors (Lipinski definition) is 3. The van der Waals surface area contributed by atoms with Crippen molar-refractivity contribution in [2.24, 2.45) is 0 Å². The first-order chi connectivity index (χ1) is 11.8. The van der Waals surface area contributed by atoms with Crippen LogP contribution in [0.5, 0.6) is 11.5 Å². The fourth-order valence-corrected chi connectivity index (χ4v) is 3.26. The van der Waals surface area contributed by atoms with Gasteiger partial charge in [0.25, 0.3) is 0 Å². The van der Waals surface area contributed by atoms with Gasteiger partial charge in [0.05, 0.1) is 4.88 Å². The van der Waals surface area contributed by atoms with Gasteiger partial charge in [-0.05, 0) is 17.7 Å². The van der Waals surface area contributed by atoms with Crippen LogP contribution in [-0.4, -0.2) is 46.4 Å². The number of thiophene rings is 1. The Morgan fingerprint density at radius 2 is 1.68 bits per heavy atom. The summed E-state index contributed by atoms with van der Waals surface area (Å²) in [4.78, 5) is 32.6. The Hall–Kier alpha value is -2.78. The summed E-state index contributed by atoms with van der Waals surface area (Å²) in [6.07, 6.45) is 0. The van der Waals surface area contributed by atoms with E-state index in [2.05, 4.69) is 0 Å². The van der Waals surface area contributed by atoms with Gasteiger partial charge in [0, 0.05) is 0 Å². The van der Waals surface area contributed by atoms with E-state index in [4.69, 9.17) is 31.3 Å². The summed E-state index contributed by atoms with van der Waals surface area (Å²) in [5.74, 6) is -3.69. The highest BCUT2D eigenvalue weighted by Crippen LogP contribution is 2.46. The van der Waals surface area contributed by atoms with Crippen molar-refractivity contribution in [1.29, 1.82) is 0 Å². The van der Waals surface area contributed by atoms with Crippen LogP contribution < -0.4 is 9.47 Å². The van der Waals surface area contributed by atoms with Crippen LogP contribution in [0.4, 0.5) is 0 Å². The quantitative estimate of drug-likeness (QED) is 0.631. The van der Waals surface area contributed by atoms with Gasteiger partial charge in [-0.15, -0.1) is 11.3 Å². The molecule has 1 aromatic heterocycles. The number of carbonyl (C=O) groups is 3. The van der Waals surface area contributed by atoms with Gasteiger partial charge in [-0.2, -0.15) is 0 Å². The van der Waals surface area contributed by atoms with Crippen LogP contribution in [0.25, 0.3) is 10.4 Å². The molecule has 0 radical (unpaired) electrons. The fraction of sp³-hybridized carbons (Fsp3) is 0.133. The molecule has 1 heterocycles. The minimum Gasteiger partial charge on any atom is -0.482 e. The normalized spacial score (nSPS) is 10.3. The predicted octanol–water partition coefficient (Wildman–Crippen LogP) is 2.69. The number of halogens is 1. The second kappa shape index (κ2) is 7.86. The lowest BCUT2D eigenvalue weighted by Crippen LogP contribution is -2.10. The molecule has 8 nitrogen and oxygen atoms in total. The number of rotatable bonds is 8. The third-order valence-electron chi connectivity index (χ3n) is 2.80. The lowest BCUT2D eigenvalue weighted by Gasteiger charge is -2.06. The molecule has 2 aromatic rings.